The van der Waals surface area contributed by atoms with E-state index in [0.29, 0.717) is 17.8 Å². The molecule has 0 aliphatic heterocycles. The summed E-state index contributed by atoms with van der Waals surface area (Å²) >= 11 is 0. The van der Waals surface area contributed by atoms with Gasteiger partial charge in [-0.15, -0.1) is 0 Å². The molecule has 1 heterocycles. The number of nitrogens with zero attached hydrogens (tertiary/aromatic N) is 1. The molecule has 0 aliphatic rings. The lowest BCUT2D eigenvalue weighted by molar-refractivity contribution is 0.102. The molecule has 2 rings (SSSR count). The van der Waals surface area contributed by atoms with Crippen LogP contribution in [0.25, 0.3) is 0 Å². The van der Waals surface area contributed by atoms with Crippen LogP contribution in [0.3, 0.4) is 0 Å². The van der Waals surface area contributed by atoms with Crippen LogP contribution in [-0.4, -0.2) is 22.6 Å². The Kier molecular flexibility index (Phi) is 4.18. The molecule has 5 nitrogen and oxygen atoms in total. The number of aryl methyl sites for hydroxylation is 2. The van der Waals surface area contributed by atoms with Crippen LogP contribution in [0.5, 0.6) is 0 Å². The molecule has 4 N–H and O–H groups in total. The lowest BCUT2D eigenvalue weighted by atomic mass is 10.1. The molecule has 5 heteroatoms. The van der Waals surface area contributed by atoms with Gasteiger partial charge in [-0.2, -0.15) is 5.10 Å². The zero-order valence-electron chi connectivity index (χ0n) is 11.4. The highest BCUT2D eigenvalue weighted by atomic mass is 16.1. The van der Waals surface area contributed by atoms with E-state index in [1.165, 1.54) is 6.20 Å². The fourth-order valence-corrected chi connectivity index (χ4v) is 1.76. The lowest BCUT2D eigenvalue weighted by Gasteiger charge is -2.06. The predicted molar refractivity (Wildman–Crippen MR) is 78.4 cm³/mol. The van der Waals surface area contributed by atoms with Gasteiger partial charge in [-0.05, 0) is 31.5 Å². The number of amides is 1. The Balaban J connectivity index is 2.22. The second-order valence-corrected chi connectivity index (χ2v) is 4.40. The number of nitrogens with one attached hydrogen (secondary N) is 2. The van der Waals surface area contributed by atoms with E-state index in [4.69, 9.17) is 5.73 Å². The van der Waals surface area contributed by atoms with Crippen LogP contribution < -0.4 is 11.1 Å². The summed E-state index contributed by atoms with van der Waals surface area (Å²) < 4.78 is 0. The number of anilines is 1. The van der Waals surface area contributed by atoms with Gasteiger partial charge in [-0.1, -0.05) is 17.9 Å². The minimum Gasteiger partial charge on any atom is -0.322 e. The summed E-state index contributed by atoms with van der Waals surface area (Å²) in [5.41, 5.74) is 9.23. The minimum atomic E-state index is -0.196. The molecule has 0 saturated heterocycles. The molecule has 0 spiro atoms. The van der Waals surface area contributed by atoms with Crippen molar-refractivity contribution in [1.29, 1.82) is 0 Å². The summed E-state index contributed by atoms with van der Waals surface area (Å²) in [5, 5.41) is 9.40. The van der Waals surface area contributed by atoms with E-state index < -0.39 is 0 Å². The SMILES string of the molecule is Cc1ccc(NC(=O)c2cn[nH]c2C)cc1C#CCN. The first-order valence-electron chi connectivity index (χ1n) is 6.22. The number of carbonyl (C=O) groups is 1. The largest absolute Gasteiger partial charge is 0.322 e. The van der Waals surface area contributed by atoms with E-state index >= 15 is 0 Å². The maximum atomic E-state index is 12.1. The van der Waals surface area contributed by atoms with Gasteiger partial charge in [-0.3, -0.25) is 9.89 Å². The molecule has 1 aromatic heterocycles. The van der Waals surface area contributed by atoms with Gasteiger partial charge in [-0.25, -0.2) is 0 Å². The van der Waals surface area contributed by atoms with Crippen LogP contribution in [0.2, 0.25) is 0 Å². The number of aromatic amines is 1. The second-order valence-electron chi connectivity index (χ2n) is 4.40. The average molecular weight is 268 g/mol. The Hall–Kier alpha value is -2.58. The molecule has 0 bridgehead atoms. The van der Waals surface area contributed by atoms with E-state index in [1.54, 1.807) is 6.92 Å². The van der Waals surface area contributed by atoms with E-state index in [9.17, 15) is 4.79 Å². The van der Waals surface area contributed by atoms with Gasteiger partial charge in [0.25, 0.3) is 5.91 Å². The summed E-state index contributed by atoms with van der Waals surface area (Å²) in [6.45, 7) is 4.08. The highest BCUT2D eigenvalue weighted by molar-refractivity contribution is 6.04. The van der Waals surface area contributed by atoms with Crippen LogP contribution >= 0.6 is 0 Å². The number of aromatic nitrogens is 2. The molecule has 1 amide bonds. The Bertz CT molecular complexity index is 691. The van der Waals surface area contributed by atoms with E-state index in [2.05, 4.69) is 27.4 Å². The number of rotatable bonds is 2. The van der Waals surface area contributed by atoms with E-state index in [1.807, 2.05) is 25.1 Å². The van der Waals surface area contributed by atoms with Crippen molar-refractivity contribution >= 4 is 11.6 Å². The number of hydrogen-bond donors (Lipinski definition) is 3. The highest BCUT2D eigenvalue weighted by Gasteiger charge is 2.11. The quantitative estimate of drug-likeness (QED) is 0.723. The van der Waals surface area contributed by atoms with Gasteiger partial charge < -0.3 is 11.1 Å². The maximum Gasteiger partial charge on any atom is 0.259 e. The normalized spacial score (nSPS) is 9.75. The highest BCUT2D eigenvalue weighted by Crippen LogP contribution is 2.16. The third-order valence-electron chi connectivity index (χ3n) is 2.90. The molecule has 2 aromatic rings. The van der Waals surface area contributed by atoms with Gasteiger partial charge in [0.15, 0.2) is 0 Å². The Morgan fingerprint density at radius 2 is 2.25 bits per heavy atom. The van der Waals surface area contributed by atoms with E-state index in [0.717, 1.165) is 16.8 Å². The van der Waals surface area contributed by atoms with E-state index in [-0.39, 0.29) is 5.91 Å². The number of nitrogens with two attached hydrogens (primary N) is 1. The van der Waals surface area contributed by atoms with Crippen LogP contribution in [0.15, 0.2) is 24.4 Å². The summed E-state index contributed by atoms with van der Waals surface area (Å²) in [6.07, 6.45) is 1.51. The zero-order chi connectivity index (χ0) is 14.5. The summed E-state index contributed by atoms with van der Waals surface area (Å²) in [7, 11) is 0. The topological polar surface area (TPSA) is 83.8 Å². The molecule has 1 aromatic carbocycles. The predicted octanol–water partition coefficient (Wildman–Crippen LogP) is 1.59. The average Bonchev–Trinajstić information content (AvgIpc) is 2.85. The number of H-pyrrole nitrogens is 1. The number of hydrogen-bond acceptors (Lipinski definition) is 3. The fraction of sp³-hybridized carbons (Fsp3) is 0.200. The monoisotopic (exact) mass is 268 g/mol. The zero-order valence-corrected chi connectivity index (χ0v) is 11.4. The van der Waals surface area contributed by atoms with Gasteiger partial charge in [0.1, 0.15) is 0 Å². The molecule has 0 saturated carbocycles. The van der Waals surface area contributed by atoms with Crippen molar-refractivity contribution in [2.45, 2.75) is 13.8 Å². The lowest BCUT2D eigenvalue weighted by Crippen LogP contribution is -2.12. The molecule has 20 heavy (non-hydrogen) atoms. The molecule has 0 radical (unpaired) electrons. The van der Waals surface area contributed by atoms with Crippen molar-refractivity contribution in [2.75, 3.05) is 11.9 Å². The first kappa shape index (κ1) is 13.8. The van der Waals surface area contributed by atoms with Gasteiger partial charge in [0.2, 0.25) is 0 Å². The van der Waals surface area contributed by atoms with Crippen molar-refractivity contribution in [2.24, 2.45) is 5.73 Å². The Morgan fingerprint density at radius 1 is 1.45 bits per heavy atom. The second kappa shape index (κ2) is 6.04. The Morgan fingerprint density at radius 3 is 2.90 bits per heavy atom. The minimum absolute atomic E-state index is 0.196. The third-order valence-corrected chi connectivity index (χ3v) is 2.90. The maximum absolute atomic E-state index is 12.1. The summed E-state index contributed by atoms with van der Waals surface area (Å²) in [5.74, 6) is 5.60. The fourth-order valence-electron chi connectivity index (χ4n) is 1.76. The van der Waals surface area contributed by atoms with Crippen molar-refractivity contribution in [3.8, 4) is 11.8 Å². The standard InChI is InChI=1S/C15H16N4O/c1-10-5-6-13(8-12(10)4-3-7-16)18-15(20)14-9-17-19-11(14)2/h5-6,8-9H,7,16H2,1-2H3,(H,17,19)(H,18,20). The molecular weight excluding hydrogens is 252 g/mol. The van der Waals surface area contributed by atoms with Gasteiger partial charge in [0, 0.05) is 16.9 Å². The molecule has 0 atom stereocenters. The van der Waals surface area contributed by atoms with Crippen molar-refractivity contribution in [3.05, 3.63) is 46.8 Å². The smallest absolute Gasteiger partial charge is 0.259 e. The van der Waals surface area contributed by atoms with Gasteiger partial charge >= 0.3 is 0 Å². The van der Waals surface area contributed by atoms with Crippen LogP contribution in [0.4, 0.5) is 5.69 Å². The number of carbonyl (C=O) groups excluding carboxylic acids is 1. The van der Waals surface area contributed by atoms with Crippen molar-refractivity contribution in [1.82, 2.24) is 10.2 Å². The van der Waals surface area contributed by atoms with Crippen molar-refractivity contribution in [3.63, 3.8) is 0 Å². The molecular formula is C15H16N4O. The first-order chi connectivity index (χ1) is 9.61. The van der Waals surface area contributed by atoms with Gasteiger partial charge in [0.05, 0.1) is 18.3 Å². The van der Waals surface area contributed by atoms with Crippen LogP contribution in [-0.2, 0) is 0 Å². The summed E-state index contributed by atoms with van der Waals surface area (Å²) in [6, 6.07) is 5.60. The third kappa shape index (κ3) is 3.05. The molecule has 0 unspecified atom stereocenters. The van der Waals surface area contributed by atoms with Crippen molar-refractivity contribution < 1.29 is 4.79 Å². The summed E-state index contributed by atoms with van der Waals surface area (Å²) in [4.78, 5) is 12.1. The molecule has 102 valence electrons. The van der Waals surface area contributed by atoms with Crippen LogP contribution in [0, 0.1) is 25.7 Å². The number of benzene rings is 1. The first-order valence-corrected chi connectivity index (χ1v) is 6.22. The molecule has 0 aliphatic carbocycles. The van der Waals surface area contributed by atoms with Crippen LogP contribution in [0.1, 0.15) is 27.2 Å². The molecule has 0 fully saturated rings. The Labute approximate surface area is 117 Å².